The summed E-state index contributed by atoms with van der Waals surface area (Å²) in [5, 5.41) is 0. The molecule has 0 saturated heterocycles. The predicted molar refractivity (Wildman–Crippen MR) is 79.8 cm³/mol. The van der Waals surface area contributed by atoms with Gasteiger partial charge in [0.2, 0.25) is 3.79 Å². The van der Waals surface area contributed by atoms with E-state index in [-0.39, 0.29) is 6.04 Å². The van der Waals surface area contributed by atoms with Gasteiger partial charge in [-0.05, 0) is 25.0 Å². The Morgan fingerprint density at radius 2 is 2.11 bits per heavy atom. The number of pyridine rings is 1. The molecule has 0 radical (unpaired) electrons. The molecule has 0 aromatic carbocycles. The van der Waals surface area contributed by atoms with Crippen LogP contribution in [-0.2, 0) is 10.3 Å². The number of hydrogen-bond acceptors (Lipinski definition) is 3. The van der Waals surface area contributed by atoms with Crippen LogP contribution in [0.25, 0.3) is 11.2 Å². The van der Waals surface area contributed by atoms with Crippen molar-refractivity contribution in [2.75, 3.05) is 0 Å². The summed E-state index contributed by atoms with van der Waals surface area (Å²) in [6, 6.07) is 1.88. The van der Waals surface area contributed by atoms with Gasteiger partial charge in [-0.2, -0.15) is 0 Å². The lowest BCUT2D eigenvalue weighted by atomic mass is 10.2. The highest BCUT2D eigenvalue weighted by atomic mass is 35.6. The molecule has 0 aliphatic heterocycles. The molecule has 0 saturated carbocycles. The molecule has 0 fully saturated rings. The second-order valence-corrected chi connectivity index (χ2v) is 6.85. The first-order chi connectivity index (χ1) is 8.82. The van der Waals surface area contributed by atoms with E-state index in [0.717, 1.165) is 12.0 Å². The van der Waals surface area contributed by atoms with E-state index in [1.807, 2.05) is 19.9 Å². The highest BCUT2D eigenvalue weighted by Crippen LogP contribution is 2.38. The lowest BCUT2D eigenvalue weighted by Gasteiger charge is -2.16. The van der Waals surface area contributed by atoms with E-state index in [1.54, 1.807) is 10.8 Å². The third-order valence-electron chi connectivity index (χ3n) is 2.92. The Morgan fingerprint density at radius 3 is 2.68 bits per heavy atom. The summed E-state index contributed by atoms with van der Waals surface area (Å²) in [5.41, 5.74) is 8.40. The SMILES string of the molecule is CCC(N)Cn1c(C(Cl)(Cl)Cl)nc2cc(C)cnc21. The van der Waals surface area contributed by atoms with Gasteiger partial charge in [-0.1, -0.05) is 41.7 Å². The van der Waals surface area contributed by atoms with Crippen molar-refractivity contribution in [2.24, 2.45) is 5.73 Å². The molecule has 0 amide bonds. The van der Waals surface area contributed by atoms with E-state index in [4.69, 9.17) is 40.5 Å². The molecular formula is C12H15Cl3N4. The van der Waals surface area contributed by atoms with Crippen LogP contribution in [0.1, 0.15) is 24.7 Å². The number of aryl methyl sites for hydroxylation is 1. The molecule has 1 atom stereocenters. The highest BCUT2D eigenvalue weighted by molar-refractivity contribution is 6.66. The van der Waals surface area contributed by atoms with Crippen LogP contribution in [0.4, 0.5) is 0 Å². The molecule has 104 valence electrons. The average molecular weight is 322 g/mol. The molecule has 0 aliphatic carbocycles. The van der Waals surface area contributed by atoms with Crippen molar-refractivity contribution in [1.82, 2.24) is 14.5 Å². The minimum absolute atomic E-state index is 0.0356. The summed E-state index contributed by atoms with van der Waals surface area (Å²) in [7, 11) is 0. The largest absolute Gasteiger partial charge is 0.326 e. The molecule has 2 rings (SSSR count). The van der Waals surface area contributed by atoms with E-state index in [0.29, 0.717) is 23.5 Å². The van der Waals surface area contributed by atoms with Crippen molar-refractivity contribution in [3.05, 3.63) is 23.7 Å². The Balaban J connectivity index is 2.62. The van der Waals surface area contributed by atoms with Gasteiger partial charge in [-0.25, -0.2) is 9.97 Å². The Labute approximate surface area is 126 Å². The van der Waals surface area contributed by atoms with Crippen LogP contribution in [0.2, 0.25) is 0 Å². The van der Waals surface area contributed by atoms with E-state index in [2.05, 4.69) is 9.97 Å². The Morgan fingerprint density at radius 1 is 1.42 bits per heavy atom. The fourth-order valence-electron chi connectivity index (χ4n) is 1.86. The van der Waals surface area contributed by atoms with Gasteiger partial charge in [0.1, 0.15) is 5.52 Å². The fraction of sp³-hybridized carbons (Fsp3) is 0.500. The van der Waals surface area contributed by atoms with E-state index in [1.165, 1.54) is 0 Å². The Kier molecular flexibility index (Phi) is 4.26. The molecule has 0 bridgehead atoms. The molecule has 1 unspecified atom stereocenters. The molecular weight excluding hydrogens is 307 g/mol. The molecule has 2 heterocycles. The molecule has 19 heavy (non-hydrogen) atoms. The lowest BCUT2D eigenvalue weighted by Crippen LogP contribution is -2.27. The summed E-state index contributed by atoms with van der Waals surface area (Å²) in [6.07, 6.45) is 2.59. The van der Waals surface area contributed by atoms with E-state index in [9.17, 15) is 0 Å². The predicted octanol–water partition coefficient (Wildman–Crippen LogP) is 3.30. The van der Waals surface area contributed by atoms with Crippen LogP contribution in [0.3, 0.4) is 0 Å². The van der Waals surface area contributed by atoms with Gasteiger partial charge in [0.15, 0.2) is 11.5 Å². The fourth-order valence-corrected chi connectivity index (χ4v) is 2.30. The van der Waals surface area contributed by atoms with Crippen LogP contribution < -0.4 is 5.73 Å². The molecule has 0 spiro atoms. The van der Waals surface area contributed by atoms with Gasteiger partial charge >= 0.3 is 0 Å². The number of rotatable bonds is 3. The molecule has 7 heteroatoms. The summed E-state index contributed by atoms with van der Waals surface area (Å²) < 4.78 is 0.192. The van der Waals surface area contributed by atoms with Crippen molar-refractivity contribution < 1.29 is 0 Å². The summed E-state index contributed by atoms with van der Waals surface area (Å²) in [6.45, 7) is 4.47. The Bertz CT molecular complexity index is 588. The van der Waals surface area contributed by atoms with Crippen molar-refractivity contribution in [2.45, 2.75) is 36.6 Å². The number of aromatic nitrogens is 3. The number of halogens is 3. The number of alkyl halides is 3. The minimum atomic E-state index is -1.60. The van der Waals surface area contributed by atoms with E-state index < -0.39 is 3.79 Å². The van der Waals surface area contributed by atoms with Gasteiger partial charge in [0, 0.05) is 18.8 Å². The minimum Gasteiger partial charge on any atom is -0.326 e. The molecule has 2 N–H and O–H groups in total. The summed E-state index contributed by atoms with van der Waals surface area (Å²) in [5.74, 6) is 0.356. The second kappa shape index (κ2) is 5.44. The van der Waals surface area contributed by atoms with Crippen molar-refractivity contribution in [3.63, 3.8) is 0 Å². The number of nitrogens with zero attached hydrogens (tertiary/aromatic N) is 3. The average Bonchev–Trinajstić information content (AvgIpc) is 2.67. The van der Waals surface area contributed by atoms with Crippen molar-refractivity contribution in [3.8, 4) is 0 Å². The Hall–Kier alpha value is -0.550. The van der Waals surface area contributed by atoms with Crippen molar-refractivity contribution >= 4 is 46.0 Å². The second-order valence-electron chi connectivity index (χ2n) is 4.57. The smallest absolute Gasteiger partial charge is 0.248 e. The number of hydrogen-bond donors (Lipinski definition) is 1. The van der Waals surface area contributed by atoms with Crippen molar-refractivity contribution in [1.29, 1.82) is 0 Å². The lowest BCUT2D eigenvalue weighted by molar-refractivity contribution is 0.532. The maximum Gasteiger partial charge on any atom is 0.248 e. The molecule has 0 aliphatic rings. The zero-order valence-electron chi connectivity index (χ0n) is 10.7. The zero-order valence-corrected chi connectivity index (χ0v) is 13.0. The topological polar surface area (TPSA) is 56.7 Å². The first kappa shape index (κ1) is 14.9. The van der Waals surface area contributed by atoms with Crippen LogP contribution >= 0.6 is 34.8 Å². The van der Waals surface area contributed by atoms with E-state index >= 15 is 0 Å². The van der Waals surface area contributed by atoms with Crippen LogP contribution in [0, 0.1) is 6.92 Å². The van der Waals surface area contributed by atoms with Gasteiger partial charge in [-0.15, -0.1) is 0 Å². The van der Waals surface area contributed by atoms with Crippen LogP contribution in [0.5, 0.6) is 0 Å². The summed E-state index contributed by atoms with van der Waals surface area (Å²) in [4.78, 5) is 8.75. The first-order valence-corrected chi connectivity index (χ1v) is 7.12. The number of nitrogens with two attached hydrogens (primary N) is 1. The standard InChI is InChI=1S/C12H15Cl3N4/c1-3-8(16)6-19-10-9(4-7(2)5-17-10)18-11(19)12(13,14)15/h4-5,8H,3,6,16H2,1-2H3. The third-order valence-corrected chi connectivity index (χ3v) is 3.42. The highest BCUT2D eigenvalue weighted by Gasteiger charge is 2.31. The maximum absolute atomic E-state index is 5.99. The first-order valence-electron chi connectivity index (χ1n) is 5.98. The third kappa shape index (κ3) is 3.14. The maximum atomic E-state index is 5.99. The molecule has 4 nitrogen and oxygen atoms in total. The van der Waals surface area contributed by atoms with Gasteiger partial charge in [-0.3, -0.25) is 0 Å². The molecule has 2 aromatic rings. The summed E-state index contributed by atoms with van der Waals surface area (Å²) >= 11 is 17.9. The van der Waals surface area contributed by atoms with Crippen LogP contribution in [-0.4, -0.2) is 20.6 Å². The quantitative estimate of drug-likeness (QED) is 0.882. The zero-order chi connectivity index (χ0) is 14.2. The van der Waals surface area contributed by atoms with Gasteiger partial charge in [0.05, 0.1) is 0 Å². The van der Waals surface area contributed by atoms with Crippen LogP contribution in [0.15, 0.2) is 12.3 Å². The van der Waals surface area contributed by atoms with Gasteiger partial charge < -0.3 is 10.3 Å². The number of fused-ring (bicyclic) bond motifs is 1. The molecule has 2 aromatic heterocycles. The monoisotopic (exact) mass is 320 g/mol. The normalized spacial score (nSPS) is 14.0. The van der Waals surface area contributed by atoms with Gasteiger partial charge in [0.25, 0.3) is 0 Å². The number of imidazole rings is 1.